The average Bonchev–Trinajstić information content (AvgIpc) is 2.93. The number of carbonyl (C=O) groups is 2. The van der Waals surface area contributed by atoms with Crippen LogP contribution < -0.4 is 24.4 Å². The minimum atomic E-state index is -0.582. The Bertz CT molecular complexity index is 1450. The molecule has 1 amide bonds. The maximum absolute atomic E-state index is 12.9. The first-order chi connectivity index (χ1) is 18.0. The maximum Gasteiger partial charge on any atom is 0.343 e. The summed E-state index contributed by atoms with van der Waals surface area (Å²) in [5.41, 5.74) is 4.37. The molecule has 0 fully saturated rings. The molecular formula is C29H26N2O6. The highest BCUT2D eigenvalue weighted by molar-refractivity contribution is 6.04. The third-order valence-electron chi connectivity index (χ3n) is 5.53. The largest absolute Gasteiger partial charge is 0.493 e. The smallest absolute Gasteiger partial charge is 0.343 e. The van der Waals surface area contributed by atoms with E-state index in [0.717, 1.165) is 16.3 Å². The van der Waals surface area contributed by atoms with Crippen LogP contribution in [0.15, 0.2) is 84.0 Å². The standard InChI is InChI=1S/C29H26N2O6/c1-19-8-12-22(13-9-19)36-18-28(32)31-30-17-24-23-7-5-4-6-20(23)10-14-25(24)37-29(33)21-11-15-26(34-2)27(16-21)35-3/h4-17H,18H2,1-3H3,(H,31,32)/b30-17-. The van der Waals surface area contributed by atoms with E-state index in [1.165, 1.54) is 20.4 Å². The van der Waals surface area contributed by atoms with Crippen LogP contribution in [0.4, 0.5) is 0 Å². The van der Waals surface area contributed by atoms with Crippen LogP contribution >= 0.6 is 0 Å². The van der Waals surface area contributed by atoms with Gasteiger partial charge in [0.1, 0.15) is 11.5 Å². The number of nitrogens with zero attached hydrogens (tertiary/aromatic N) is 1. The topological polar surface area (TPSA) is 95.5 Å². The second-order valence-corrected chi connectivity index (χ2v) is 8.05. The van der Waals surface area contributed by atoms with Crippen LogP contribution in [-0.4, -0.2) is 38.9 Å². The van der Waals surface area contributed by atoms with Gasteiger partial charge in [-0.1, -0.05) is 48.0 Å². The summed E-state index contributed by atoms with van der Waals surface area (Å²) in [5.74, 6) is 0.769. The van der Waals surface area contributed by atoms with Gasteiger partial charge in [0.25, 0.3) is 5.91 Å². The molecule has 1 N–H and O–H groups in total. The highest BCUT2D eigenvalue weighted by atomic mass is 16.5. The van der Waals surface area contributed by atoms with E-state index in [-0.39, 0.29) is 17.9 Å². The van der Waals surface area contributed by atoms with Crippen molar-refractivity contribution in [1.29, 1.82) is 0 Å². The van der Waals surface area contributed by atoms with Crippen molar-refractivity contribution in [2.24, 2.45) is 5.10 Å². The van der Waals surface area contributed by atoms with E-state index in [9.17, 15) is 9.59 Å². The van der Waals surface area contributed by atoms with Crippen LogP contribution in [0.1, 0.15) is 21.5 Å². The Morgan fingerprint density at radius 2 is 1.59 bits per heavy atom. The number of benzene rings is 4. The Hall–Kier alpha value is -4.85. The maximum atomic E-state index is 12.9. The number of hydrazone groups is 1. The summed E-state index contributed by atoms with van der Waals surface area (Å²) in [6, 6.07) is 23.3. The van der Waals surface area contributed by atoms with Gasteiger partial charge >= 0.3 is 5.97 Å². The summed E-state index contributed by atoms with van der Waals surface area (Å²) >= 11 is 0. The van der Waals surface area contributed by atoms with Crippen LogP contribution in [0.2, 0.25) is 0 Å². The third-order valence-corrected chi connectivity index (χ3v) is 5.53. The first-order valence-corrected chi connectivity index (χ1v) is 11.5. The Kier molecular flexibility index (Phi) is 8.00. The van der Waals surface area contributed by atoms with Crippen LogP contribution in [0.5, 0.6) is 23.0 Å². The minimum Gasteiger partial charge on any atom is -0.493 e. The lowest BCUT2D eigenvalue weighted by Crippen LogP contribution is -2.24. The van der Waals surface area contributed by atoms with Crippen molar-refractivity contribution >= 4 is 28.9 Å². The molecule has 0 bridgehead atoms. The van der Waals surface area contributed by atoms with Gasteiger partial charge in [-0.3, -0.25) is 4.79 Å². The molecule has 188 valence electrons. The first-order valence-electron chi connectivity index (χ1n) is 11.5. The van der Waals surface area contributed by atoms with Crippen molar-refractivity contribution in [3.63, 3.8) is 0 Å². The normalized spacial score (nSPS) is 10.8. The molecule has 0 atom stereocenters. The summed E-state index contributed by atoms with van der Waals surface area (Å²) < 4.78 is 21.7. The van der Waals surface area contributed by atoms with Crippen molar-refractivity contribution in [2.75, 3.05) is 20.8 Å². The van der Waals surface area contributed by atoms with Crippen LogP contribution in [0, 0.1) is 6.92 Å². The number of amides is 1. The molecule has 37 heavy (non-hydrogen) atoms. The van der Waals surface area contributed by atoms with Crippen molar-refractivity contribution in [3.8, 4) is 23.0 Å². The molecule has 0 spiro atoms. The van der Waals surface area contributed by atoms with Gasteiger partial charge in [-0.05, 0) is 54.1 Å². The van der Waals surface area contributed by atoms with Gasteiger partial charge in [0.05, 0.1) is 26.0 Å². The zero-order valence-electron chi connectivity index (χ0n) is 20.7. The quantitative estimate of drug-likeness (QED) is 0.152. The molecule has 4 rings (SSSR count). The SMILES string of the molecule is COc1ccc(C(=O)Oc2ccc3ccccc3c2/C=N\NC(=O)COc2ccc(C)cc2)cc1OC. The molecule has 0 unspecified atom stereocenters. The lowest BCUT2D eigenvalue weighted by Gasteiger charge is -2.12. The third kappa shape index (κ3) is 6.24. The van der Waals surface area contributed by atoms with E-state index >= 15 is 0 Å². The lowest BCUT2D eigenvalue weighted by atomic mass is 10.0. The second-order valence-electron chi connectivity index (χ2n) is 8.05. The molecule has 4 aromatic rings. The highest BCUT2D eigenvalue weighted by Gasteiger charge is 2.16. The molecule has 0 aliphatic rings. The molecule has 0 aliphatic heterocycles. The van der Waals surface area contributed by atoms with Gasteiger partial charge in [-0.2, -0.15) is 5.10 Å². The molecule has 8 nitrogen and oxygen atoms in total. The molecule has 0 saturated carbocycles. The van der Waals surface area contributed by atoms with E-state index in [2.05, 4.69) is 10.5 Å². The predicted molar refractivity (Wildman–Crippen MR) is 141 cm³/mol. The fourth-order valence-corrected chi connectivity index (χ4v) is 3.60. The number of fused-ring (bicyclic) bond motifs is 1. The number of hydrogen-bond donors (Lipinski definition) is 1. The summed E-state index contributed by atoms with van der Waals surface area (Å²) in [4.78, 5) is 25.2. The van der Waals surface area contributed by atoms with Gasteiger partial charge in [-0.15, -0.1) is 0 Å². The molecule has 0 aliphatic carbocycles. The molecule has 4 aromatic carbocycles. The van der Waals surface area contributed by atoms with Gasteiger partial charge < -0.3 is 18.9 Å². The summed E-state index contributed by atoms with van der Waals surface area (Å²) in [5, 5.41) is 5.80. The zero-order chi connectivity index (χ0) is 26.2. The van der Waals surface area contributed by atoms with Crippen LogP contribution in [-0.2, 0) is 4.79 Å². The molecular weight excluding hydrogens is 472 g/mol. The number of esters is 1. The van der Waals surface area contributed by atoms with Gasteiger partial charge in [0, 0.05) is 5.56 Å². The van der Waals surface area contributed by atoms with Crippen molar-refractivity contribution < 1.29 is 28.5 Å². The molecule has 0 aromatic heterocycles. The number of ether oxygens (including phenoxy) is 4. The van der Waals surface area contributed by atoms with Crippen molar-refractivity contribution in [2.45, 2.75) is 6.92 Å². The molecule has 0 heterocycles. The fraction of sp³-hybridized carbons (Fsp3) is 0.138. The number of carbonyl (C=O) groups excluding carboxylic acids is 2. The minimum absolute atomic E-state index is 0.197. The summed E-state index contributed by atoms with van der Waals surface area (Å²) in [6.45, 7) is 1.77. The van der Waals surface area contributed by atoms with E-state index in [4.69, 9.17) is 18.9 Å². The monoisotopic (exact) mass is 498 g/mol. The fourth-order valence-electron chi connectivity index (χ4n) is 3.60. The Labute approximate surface area is 214 Å². The molecule has 0 radical (unpaired) electrons. The number of nitrogens with one attached hydrogen (secondary N) is 1. The van der Waals surface area contributed by atoms with Gasteiger partial charge in [0.15, 0.2) is 18.1 Å². The first kappa shape index (κ1) is 25.2. The molecule has 8 heteroatoms. The highest BCUT2D eigenvalue weighted by Crippen LogP contribution is 2.30. The number of hydrogen-bond acceptors (Lipinski definition) is 7. The van der Waals surface area contributed by atoms with Gasteiger partial charge in [-0.25, -0.2) is 10.2 Å². The Morgan fingerprint density at radius 3 is 2.35 bits per heavy atom. The number of rotatable bonds is 9. The van der Waals surface area contributed by atoms with E-state index in [0.29, 0.717) is 22.8 Å². The zero-order valence-corrected chi connectivity index (χ0v) is 20.7. The number of aryl methyl sites for hydroxylation is 1. The molecule has 0 saturated heterocycles. The van der Waals surface area contributed by atoms with E-state index in [1.54, 1.807) is 36.4 Å². The van der Waals surface area contributed by atoms with E-state index in [1.807, 2.05) is 49.4 Å². The summed E-state index contributed by atoms with van der Waals surface area (Å²) in [7, 11) is 3.01. The Balaban J connectivity index is 1.52. The number of methoxy groups -OCH3 is 2. The van der Waals surface area contributed by atoms with Gasteiger partial charge in [0.2, 0.25) is 0 Å². The van der Waals surface area contributed by atoms with Crippen molar-refractivity contribution in [1.82, 2.24) is 5.43 Å². The average molecular weight is 499 g/mol. The van der Waals surface area contributed by atoms with Crippen LogP contribution in [0.25, 0.3) is 10.8 Å². The second kappa shape index (κ2) is 11.7. The predicted octanol–water partition coefficient (Wildman–Crippen LogP) is 4.91. The van der Waals surface area contributed by atoms with Crippen LogP contribution in [0.3, 0.4) is 0 Å². The lowest BCUT2D eigenvalue weighted by molar-refractivity contribution is -0.123. The van der Waals surface area contributed by atoms with E-state index < -0.39 is 11.9 Å². The Morgan fingerprint density at radius 1 is 0.865 bits per heavy atom. The van der Waals surface area contributed by atoms with Crippen molar-refractivity contribution in [3.05, 3.63) is 95.6 Å². The summed E-state index contributed by atoms with van der Waals surface area (Å²) in [6.07, 6.45) is 1.45.